The number of amides is 1. The number of aryl methyl sites for hydroxylation is 1. The fourth-order valence-electron chi connectivity index (χ4n) is 2.84. The number of hydrogen-bond donors (Lipinski definition) is 2. The Hall–Kier alpha value is -2.96. The molecule has 0 spiro atoms. The molecule has 0 fully saturated rings. The fraction of sp³-hybridized carbons (Fsp3) is 0.174. The lowest BCUT2D eigenvalue weighted by atomic mass is 10.1. The van der Waals surface area contributed by atoms with Crippen LogP contribution in [0.25, 0.3) is 0 Å². The van der Waals surface area contributed by atoms with Gasteiger partial charge in [-0.2, -0.15) is 0 Å². The molecule has 0 aliphatic heterocycles. The number of rotatable bonds is 9. The van der Waals surface area contributed by atoms with Gasteiger partial charge in [0.2, 0.25) is 15.9 Å². The van der Waals surface area contributed by atoms with Gasteiger partial charge in [-0.15, -0.1) is 0 Å². The maximum atomic E-state index is 12.4. The van der Waals surface area contributed by atoms with E-state index in [1.165, 1.54) is 0 Å². The van der Waals surface area contributed by atoms with Crippen molar-refractivity contribution in [1.82, 2.24) is 10.0 Å². The summed E-state index contributed by atoms with van der Waals surface area (Å²) in [7, 11) is -3.58. The van der Waals surface area contributed by atoms with Crippen molar-refractivity contribution in [3.05, 3.63) is 102 Å². The Bertz CT molecular complexity index is 1020. The van der Waals surface area contributed by atoms with E-state index >= 15 is 0 Å². The molecule has 3 rings (SSSR count). The molecule has 150 valence electrons. The Balaban J connectivity index is 1.48. The number of carbonyl (C=O) groups excluding carboxylic acids is 1. The van der Waals surface area contributed by atoms with Crippen LogP contribution in [0.2, 0.25) is 0 Å². The van der Waals surface area contributed by atoms with E-state index in [2.05, 4.69) is 10.0 Å². The first kappa shape index (κ1) is 20.8. The molecule has 5 nitrogen and oxygen atoms in total. The number of hydrogen-bond acceptors (Lipinski definition) is 3. The van der Waals surface area contributed by atoms with E-state index in [4.69, 9.17) is 0 Å². The lowest BCUT2D eigenvalue weighted by molar-refractivity contribution is -0.121. The van der Waals surface area contributed by atoms with Gasteiger partial charge < -0.3 is 5.32 Å². The molecule has 0 radical (unpaired) electrons. The fourth-order valence-corrected chi connectivity index (χ4v) is 3.85. The lowest BCUT2D eigenvalue weighted by Gasteiger charge is -2.08. The van der Waals surface area contributed by atoms with Crippen LogP contribution in [0.5, 0.6) is 0 Å². The Kier molecular flexibility index (Phi) is 7.16. The third kappa shape index (κ3) is 6.55. The van der Waals surface area contributed by atoms with Crippen LogP contribution in [-0.2, 0) is 34.3 Å². The second-order valence-electron chi connectivity index (χ2n) is 6.72. The molecule has 0 aromatic heterocycles. The van der Waals surface area contributed by atoms with Crippen LogP contribution in [0, 0.1) is 0 Å². The molecular formula is C23H24N2O3S. The first-order valence-electron chi connectivity index (χ1n) is 9.46. The minimum absolute atomic E-state index is 0.0323. The first-order valence-corrected chi connectivity index (χ1v) is 10.9. The summed E-state index contributed by atoms with van der Waals surface area (Å²) < 4.78 is 27.5. The monoisotopic (exact) mass is 408 g/mol. The molecule has 0 aliphatic carbocycles. The van der Waals surface area contributed by atoms with Crippen LogP contribution in [0.15, 0.2) is 89.8 Å². The van der Waals surface area contributed by atoms with Crippen LogP contribution in [0.3, 0.4) is 0 Å². The summed E-state index contributed by atoms with van der Waals surface area (Å²) in [4.78, 5) is 12.2. The zero-order valence-corrected chi connectivity index (χ0v) is 16.9. The minimum Gasteiger partial charge on any atom is -0.352 e. The van der Waals surface area contributed by atoms with Gasteiger partial charge in [-0.3, -0.25) is 4.79 Å². The lowest BCUT2D eigenvalue weighted by Crippen LogP contribution is -2.23. The minimum atomic E-state index is -3.58. The number of carbonyl (C=O) groups is 1. The maximum absolute atomic E-state index is 12.4. The Morgan fingerprint density at radius 1 is 0.690 bits per heavy atom. The summed E-state index contributed by atoms with van der Waals surface area (Å²) in [6, 6.07) is 25.8. The summed E-state index contributed by atoms with van der Waals surface area (Å²) in [5, 5.41) is 2.89. The van der Waals surface area contributed by atoms with Crippen LogP contribution in [0.1, 0.15) is 23.1 Å². The zero-order chi connectivity index (χ0) is 20.5. The average Bonchev–Trinajstić information content (AvgIpc) is 2.77. The van der Waals surface area contributed by atoms with E-state index in [0.29, 0.717) is 19.4 Å². The molecule has 0 heterocycles. The molecule has 0 saturated carbocycles. The number of nitrogens with one attached hydrogen (secondary N) is 2. The van der Waals surface area contributed by atoms with Crippen molar-refractivity contribution in [2.24, 2.45) is 0 Å². The van der Waals surface area contributed by atoms with Crippen molar-refractivity contribution in [2.45, 2.75) is 30.8 Å². The molecule has 2 N–H and O–H groups in total. The average molecular weight is 409 g/mol. The summed E-state index contributed by atoms with van der Waals surface area (Å²) in [6.07, 6.45) is 0.906. The van der Waals surface area contributed by atoms with Gasteiger partial charge in [0.05, 0.1) is 4.90 Å². The largest absolute Gasteiger partial charge is 0.352 e. The molecule has 3 aromatic carbocycles. The molecule has 6 heteroatoms. The summed E-state index contributed by atoms with van der Waals surface area (Å²) >= 11 is 0. The number of sulfonamides is 1. The van der Waals surface area contributed by atoms with Gasteiger partial charge in [0.15, 0.2) is 0 Å². The summed E-state index contributed by atoms with van der Waals surface area (Å²) in [5.74, 6) is -0.0323. The highest BCUT2D eigenvalue weighted by Crippen LogP contribution is 2.13. The van der Waals surface area contributed by atoms with Crippen molar-refractivity contribution in [1.29, 1.82) is 0 Å². The Labute approximate surface area is 171 Å². The van der Waals surface area contributed by atoms with Gasteiger partial charge in [0, 0.05) is 19.5 Å². The van der Waals surface area contributed by atoms with Crippen molar-refractivity contribution >= 4 is 15.9 Å². The van der Waals surface area contributed by atoms with Gasteiger partial charge in [0.25, 0.3) is 0 Å². The third-order valence-corrected chi connectivity index (χ3v) is 5.93. The summed E-state index contributed by atoms with van der Waals surface area (Å²) in [6.45, 7) is 0.746. The SMILES string of the molecule is O=C(CCc1ccc(S(=O)(=O)NCc2ccccc2)cc1)NCc1ccccc1. The highest BCUT2D eigenvalue weighted by atomic mass is 32.2. The van der Waals surface area contributed by atoms with Gasteiger partial charge in [-0.25, -0.2) is 13.1 Å². The smallest absolute Gasteiger partial charge is 0.240 e. The van der Waals surface area contributed by atoms with E-state index in [9.17, 15) is 13.2 Å². The van der Waals surface area contributed by atoms with E-state index in [1.54, 1.807) is 24.3 Å². The molecule has 0 saturated heterocycles. The predicted molar refractivity (Wildman–Crippen MR) is 114 cm³/mol. The van der Waals surface area contributed by atoms with Crippen LogP contribution in [-0.4, -0.2) is 14.3 Å². The van der Waals surface area contributed by atoms with E-state index in [1.807, 2.05) is 60.7 Å². The quantitative estimate of drug-likeness (QED) is 0.570. The molecule has 3 aromatic rings. The Morgan fingerprint density at radius 3 is 1.83 bits per heavy atom. The topological polar surface area (TPSA) is 75.3 Å². The van der Waals surface area contributed by atoms with Gasteiger partial charge >= 0.3 is 0 Å². The van der Waals surface area contributed by atoms with Crippen molar-refractivity contribution in [3.63, 3.8) is 0 Å². The van der Waals surface area contributed by atoms with Crippen LogP contribution >= 0.6 is 0 Å². The second kappa shape index (κ2) is 10.0. The first-order chi connectivity index (χ1) is 14.0. The molecule has 0 unspecified atom stereocenters. The van der Waals surface area contributed by atoms with E-state index in [-0.39, 0.29) is 17.3 Å². The molecule has 0 aliphatic rings. The normalized spacial score (nSPS) is 11.2. The van der Waals surface area contributed by atoms with Crippen molar-refractivity contribution < 1.29 is 13.2 Å². The van der Waals surface area contributed by atoms with Gasteiger partial charge in [-0.05, 0) is 35.2 Å². The maximum Gasteiger partial charge on any atom is 0.240 e. The molecule has 0 bridgehead atoms. The standard InChI is InChI=1S/C23H24N2O3S/c26-23(24-17-20-7-3-1-4-8-20)16-13-19-11-14-22(15-12-19)29(27,28)25-18-21-9-5-2-6-10-21/h1-12,14-15,25H,13,16-18H2,(H,24,26). The van der Waals surface area contributed by atoms with Crippen molar-refractivity contribution in [2.75, 3.05) is 0 Å². The van der Waals surface area contributed by atoms with E-state index in [0.717, 1.165) is 16.7 Å². The third-order valence-electron chi connectivity index (χ3n) is 4.52. The summed E-state index contributed by atoms with van der Waals surface area (Å²) in [5.41, 5.74) is 2.87. The van der Waals surface area contributed by atoms with Crippen molar-refractivity contribution in [3.8, 4) is 0 Å². The van der Waals surface area contributed by atoms with Gasteiger partial charge in [-0.1, -0.05) is 72.8 Å². The molecule has 29 heavy (non-hydrogen) atoms. The zero-order valence-electron chi connectivity index (χ0n) is 16.0. The predicted octanol–water partition coefficient (Wildman–Crippen LogP) is 3.41. The molecule has 0 atom stereocenters. The van der Waals surface area contributed by atoms with Gasteiger partial charge in [0.1, 0.15) is 0 Å². The highest BCUT2D eigenvalue weighted by Gasteiger charge is 2.13. The molecule has 1 amide bonds. The highest BCUT2D eigenvalue weighted by molar-refractivity contribution is 7.89. The number of benzene rings is 3. The van der Waals surface area contributed by atoms with Crippen LogP contribution in [0.4, 0.5) is 0 Å². The van der Waals surface area contributed by atoms with E-state index < -0.39 is 10.0 Å². The molecular weight excluding hydrogens is 384 g/mol. The van der Waals surface area contributed by atoms with Crippen LogP contribution < -0.4 is 10.0 Å². The Morgan fingerprint density at radius 2 is 1.24 bits per heavy atom. The second-order valence-corrected chi connectivity index (χ2v) is 8.48.